The molecule has 0 spiro atoms. The van der Waals surface area contributed by atoms with Crippen LogP contribution in [0.25, 0.3) is 0 Å². The van der Waals surface area contributed by atoms with Gasteiger partial charge in [0.05, 0.1) is 0 Å². The predicted octanol–water partition coefficient (Wildman–Crippen LogP) is 4.30. The first-order valence-corrected chi connectivity index (χ1v) is 7.47. The molecule has 1 aliphatic rings. The van der Waals surface area contributed by atoms with Gasteiger partial charge in [0.2, 0.25) is 0 Å². The van der Waals surface area contributed by atoms with E-state index in [0.717, 1.165) is 12.5 Å². The van der Waals surface area contributed by atoms with Crippen LogP contribution in [-0.2, 0) is 0 Å². The molecule has 0 bridgehead atoms. The van der Waals surface area contributed by atoms with Gasteiger partial charge in [-0.2, -0.15) is 0 Å². The summed E-state index contributed by atoms with van der Waals surface area (Å²) in [6, 6.07) is 9.68. The first-order valence-electron chi connectivity index (χ1n) is 7.47. The highest BCUT2D eigenvalue weighted by molar-refractivity contribution is 5.36. The van der Waals surface area contributed by atoms with Crippen LogP contribution in [0.5, 0.6) is 0 Å². The van der Waals surface area contributed by atoms with Crippen LogP contribution >= 0.6 is 0 Å². The molecule has 0 heterocycles. The molecule has 0 amide bonds. The fourth-order valence-electron chi connectivity index (χ4n) is 3.49. The molecular weight excluding hydrogens is 218 g/mol. The molecule has 3 atom stereocenters. The molecule has 0 fully saturated rings. The largest absolute Gasteiger partial charge is 0.313 e. The Morgan fingerprint density at radius 1 is 1.17 bits per heavy atom. The molecule has 100 valence electrons. The van der Waals surface area contributed by atoms with Crippen LogP contribution < -0.4 is 5.32 Å². The summed E-state index contributed by atoms with van der Waals surface area (Å²) >= 11 is 0. The SMILES string of the molecule is CCNC(C(C)C)C1CCC(C)c2ccccc21. The molecule has 1 nitrogen and oxygen atoms in total. The summed E-state index contributed by atoms with van der Waals surface area (Å²) in [7, 11) is 0. The van der Waals surface area contributed by atoms with E-state index in [0.29, 0.717) is 17.9 Å². The fourth-order valence-corrected chi connectivity index (χ4v) is 3.49. The molecule has 18 heavy (non-hydrogen) atoms. The van der Waals surface area contributed by atoms with E-state index in [1.54, 1.807) is 11.1 Å². The van der Waals surface area contributed by atoms with Crippen molar-refractivity contribution in [2.75, 3.05) is 6.54 Å². The van der Waals surface area contributed by atoms with Crippen molar-refractivity contribution in [3.8, 4) is 0 Å². The average molecular weight is 245 g/mol. The van der Waals surface area contributed by atoms with Gasteiger partial charge in [0.25, 0.3) is 0 Å². The Balaban J connectivity index is 2.32. The molecular formula is C17H27N. The molecule has 1 aromatic carbocycles. The monoisotopic (exact) mass is 245 g/mol. The summed E-state index contributed by atoms with van der Waals surface area (Å²) in [5, 5.41) is 3.71. The highest BCUT2D eigenvalue weighted by Gasteiger charge is 2.31. The van der Waals surface area contributed by atoms with Crippen molar-refractivity contribution in [1.82, 2.24) is 5.32 Å². The van der Waals surface area contributed by atoms with E-state index in [1.807, 2.05) is 0 Å². The predicted molar refractivity (Wildman–Crippen MR) is 79.1 cm³/mol. The number of benzene rings is 1. The van der Waals surface area contributed by atoms with Crippen LogP contribution in [0.15, 0.2) is 24.3 Å². The van der Waals surface area contributed by atoms with E-state index < -0.39 is 0 Å². The van der Waals surface area contributed by atoms with Crippen molar-refractivity contribution in [2.24, 2.45) is 5.92 Å². The summed E-state index contributed by atoms with van der Waals surface area (Å²) in [5.74, 6) is 2.11. The minimum atomic E-state index is 0.614. The van der Waals surface area contributed by atoms with Gasteiger partial charge in [-0.15, -0.1) is 0 Å². The maximum Gasteiger partial charge on any atom is 0.0159 e. The van der Waals surface area contributed by atoms with Crippen LogP contribution in [0, 0.1) is 5.92 Å². The summed E-state index contributed by atoms with van der Waals surface area (Å²) < 4.78 is 0. The number of nitrogens with one attached hydrogen (secondary N) is 1. The molecule has 0 saturated heterocycles. The smallest absolute Gasteiger partial charge is 0.0159 e. The van der Waals surface area contributed by atoms with Crippen LogP contribution in [0.1, 0.15) is 63.5 Å². The van der Waals surface area contributed by atoms with Crippen molar-refractivity contribution < 1.29 is 0 Å². The minimum Gasteiger partial charge on any atom is -0.313 e. The van der Waals surface area contributed by atoms with Gasteiger partial charge in [-0.05, 0) is 48.3 Å². The van der Waals surface area contributed by atoms with Gasteiger partial charge in [0.1, 0.15) is 0 Å². The zero-order valence-electron chi connectivity index (χ0n) is 12.2. The van der Waals surface area contributed by atoms with Gasteiger partial charge >= 0.3 is 0 Å². The van der Waals surface area contributed by atoms with E-state index in [1.165, 1.54) is 12.8 Å². The van der Waals surface area contributed by atoms with Crippen molar-refractivity contribution in [1.29, 1.82) is 0 Å². The maximum absolute atomic E-state index is 3.71. The molecule has 0 saturated carbocycles. The first kappa shape index (κ1) is 13.6. The molecule has 0 radical (unpaired) electrons. The molecule has 0 aliphatic heterocycles. The van der Waals surface area contributed by atoms with E-state index in [4.69, 9.17) is 0 Å². The van der Waals surface area contributed by atoms with Crippen LogP contribution in [0.2, 0.25) is 0 Å². The number of hydrogen-bond donors (Lipinski definition) is 1. The Hall–Kier alpha value is -0.820. The van der Waals surface area contributed by atoms with Crippen LogP contribution in [0.3, 0.4) is 0 Å². The quantitative estimate of drug-likeness (QED) is 0.834. The molecule has 0 aromatic heterocycles. The number of rotatable bonds is 4. The maximum atomic E-state index is 3.71. The lowest BCUT2D eigenvalue weighted by Crippen LogP contribution is -2.40. The van der Waals surface area contributed by atoms with E-state index in [-0.39, 0.29) is 0 Å². The number of likely N-dealkylation sites (N-methyl/N-ethyl adjacent to an activating group) is 1. The van der Waals surface area contributed by atoms with E-state index in [2.05, 4.69) is 57.3 Å². The molecule has 1 heteroatoms. The third kappa shape index (κ3) is 2.61. The summed E-state index contributed by atoms with van der Waals surface area (Å²) in [6.07, 6.45) is 2.66. The molecule has 1 N–H and O–H groups in total. The minimum absolute atomic E-state index is 0.614. The Morgan fingerprint density at radius 3 is 2.44 bits per heavy atom. The lowest BCUT2D eigenvalue weighted by Gasteiger charge is -2.37. The first-order chi connectivity index (χ1) is 8.65. The second kappa shape index (κ2) is 5.88. The van der Waals surface area contributed by atoms with Gasteiger partial charge in [0, 0.05) is 6.04 Å². The Morgan fingerprint density at radius 2 is 1.83 bits per heavy atom. The van der Waals surface area contributed by atoms with E-state index >= 15 is 0 Å². The molecule has 2 rings (SSSR count). The van der Waals surface area contributed by atoms with Crippen molar-refractivity contribution in [2.45, 2.75) is 58.4 Å². The highest BCUT2D eigenvalue weighted by Crippen LogP contribution is 2.41. The van der Waals surface area contributed by atoms with Crippen molar-refractivity contribution in [3.63, 3.8) is 0 Å². The third-order valence-electron chi connectivity index (χ3n) is 4.43. The molecule has 1 aliphatic carbocycles. The van der Waals surface area contributed by atoms with Gasteiger partial charge in [-0.3, -0.25) is 0 Å². The zero-order valence-corrected chi connectivity index (χ0v) is 12.2. The third-order valence-corrected chi connectivity index (χ3v) is 4.43. The second-order valence-corrected chi connectivity index (χ2v) is 6.04. The van der Waals surface area contributed by atoms with Gasteiger partial charge in [-0.1, -0.05) is 52.0 Å². The summed E-state index contributed by atoms with van der Waals surface area (Å²) in [5.41, 5.74) is 3.17. The Kier molecular flexibility index (Phi) is 4.45. The standard InChI is InChI=1S/C17H27N/c1-5-18-17(12(2)3)16-11-10-13(4)14-8-6-7-9-15(14)16/h6-9,12-13,16-18H,5,10-11H2,1-4H3. The van der Waals surface area contributed by atoms with Gasteiger partial charge < -0.3 is 5.32 Å². The van der Waals surface area contributed by atoms with Crippen LogP contribution in [-0.4, -0.2) is 12.6 Å². The zero-order chi connectivity index (χ0) is 13.1. The molecule has 1 aromatic rings. The fraction of sp³-hybridized carbons (Fsp3) is 0.647. The summed E-state index contributed by atoms with van der Waals surface area (Å²) in [6.45, 7) is 10.3. The number of hydrogen-bond acceptors (Lipinski definition) is 1. The Bertz CT molecular complexity index is 383. The van der Waals surface area contributed by atoms with Gasteiger partial charge in [-0.25, -0.2) is 0 Å². The lowest BCUT2D eigenvalue weighted by molar-refractivity contribution is 0.314. The van der Waals surface area contributed by atoms with Gasteiger partial charge in [0.15, 0.2) is 0 Å². The van der Waals surface area contributed by atoms with E-state index in [9.17, 15) is 0 Å². The number of fused-ring (bicyclic) bond motifs is 1. The Labute approximate surface area is 112 Å². The lowest BCUT2D eigenvalue weighted by atomic mass is 9.72. The average Bonchev–Trinajstić information content (AvgIpc) is 2.37. The van der Waals surface area contributed by atoms with Crippen LogP contribution in [0.4, 0.5) is 0 Å². The normalized spacial score (nSPS) is 24.9. The molecule has 3 unspecified atom stereocenters. The topological polar surface area (TPSA) is 12.0 Å². The second-order valence-electron chi connectivity index (χ2n) is 6.04. The highest BCUT2D eigenvalue weighted by atomic mass is 14.9. The van der Waals surface area contributed by atoms with Crippen molar-refractivity contribution >= 4 is 0 Å². The summed E-state index contributed by atoms with van der Waals surface area (Å²) in [4.78, 5) is 0. The van der Waals surface area contributed by atoms with Crippen molar-refractivity contribution in [3.05, 3.63) is 35.4 Å².